The Morgan fingerprint density at radius 2 is 1.95 bits per heavy atom. The fourth-order valence-electron chi connectivity index (χ4n) is 2.62. The third kappa shape index (κ3) is 5.09. The van der Waals surface area contributed by atoms with Crippen molar-refractivity contribution >= 4 is 30.6 Å². The van der Waals surface area contributed by atoms with Gasteiger partial charge in [0.15, 0.2) is 0 Å². The molecule has 0 saturated carbocycles. The van der Waals surface area contributed by atoms with Crippen LogP contribution in [0.15, 0.2) is 18.3 Å². The van der Waals surface area contributed by atoms with Crippen LogP contribution >= 0.6 is 24.8 Å². The summed E-state index contributed by atoms with van der Waals surface area (Å²) in [7, 11) is 0. The molecule has 0 unspecified atom stereocenters. The van der Waals surface area contributed by atoms with Crippen molar-refractivity contribution in [3.8, 4) is 0 Å². The number of nitrogen functional groups attached to an aromatic ring is 1. The maximum Gasteiger partial charge on any atom is 0.128 e. The minimum absolute atomic E-state index is 0. The Morgan fingerprint density at radius 3 is 2.50 bits per heavy atom. The van der Waals surface area contributed by atoms with Gasteiger partial charge in [-0.2, -0.15) is 0 Å². The van der Waals surface area contributed by atoms with Gasteiger partial charge in [-0.15, -0.1) is 24.8 Å². The van der Waals surface area contributed by atoms with Crippen LogP contribution in [0.25, 0.3) is 0 Å². The van der Waals surface area contributed by atoms with Crippen molar-refractivity contribution in [2.24, 2.45) is 5.92 Å². The molecule has 0 bridgehead atoms. The van der Waals surface area contributed by atoms with E-state index in [1.54, 1.807) is 6.20 Å². The lowest BCUT2D eigenvalue weighted by molar-refractivity contribution is 0.154. The highest BCUT2D eigenvalue weighted by atomic mass is 35.5. The molecule has 1 aromatic rings. The molecule has 1 aromatic heterocycles. The molecule has 4 nitrogen and oxygen atoms in total. The SMILES string of the molecule is CC(C)C[C@H](c1cccnc1N)N1CCNCC1.Cl.Cl. The van der Waals surface area contributed by atoms with Gasteiger partial charge in [0, 0.05) is 44.0 Å². The molecule has 1 saturated heterocycles. The highest BCUT2D eigenvalue weighted by Gasteiger charge is 2.24. The number of nitrogens with zero attached hydrogens (tertiary/aromatic N) is 2. The zero-order valence-corrected chi connectivity index (χ0v) is 13.8. The number of rotatable bonds is 4. The van der Waals surface area contributed by atoms with Crippen LogP contribution in [0.4, 0.5) is 5.82 Å². The molecule has 0 aliphatic carbocycles. The number of piperazine rings is 1. The zero-order chi connectivity index (χ0) is 13.0. The second kappa shape index (κ2) is 9.40. The molecule has 1 atom stereocenters. The van der Waals surface area contributed by atoms with Gasteiger partial charge in [0.2, 0.25) is 0 Å². The van der Waals surface area contributed by atoms with Crippen molar-refractivity contribution in [1.82, 2.24) is 15.2 Å². The van der Waals surface area contributed by atoms with E-state index < -0.39 is 0 Å². The van der Waals surface area contributed by atoms with Crippen molar-refractivity contribution in [3.05, 3.63) is 23.9 Å². The van der Waals surface area contributed by atoms with E-state index in [1.165, 1.54) is 5.56 Å². The molecule has 0 spiro atoms. The number of hydrogen-bond acceptors (Lipinski definition) is 4. The van der Waals surface area contributed by atoms with Crippen molar-refractivity contribution < 1.29 is 0 Å². The fourth-order valence-corrected chi connectivity index (χ4v) is 2.62. The summed E-state index contributed by atoms with van der Waals surface area (Å²) in [6, 6.07) is 4.51. The summed E-state index contributed by atoms with van der Waals surface area (Å²) in [5.41, 5.74) is 7.24. The second-order valence-corrected chi connectivity index (χ2v) is 5.41. The van der Waals surface area contributed by atoms with Crippen molar-refractivity contribution in [2.75, 3.05) is 31.9 Å². The number of nitrogens with one attached hydrogen (secondary N) is 1. The fraction of sp³-hybridized carbons (Fsp3) is 0.643. The van der Waals surface area contributed by atoms with Gasteiger partial charge in [0.25, 0.3) is 0 Å². The molecule has 0 aromatic carbocycles. The Bertz CT molecular complexity index is 381. The van der Waals surface area contributed by atoms with Crippen LogP contribution in [0.1, 0.15) is 31.9 Å². The number of nitrogens with two attached hydrogens (primary N) is 1. The smallest absolute Gasteiger partial charge is 0.128 e. The van der Waals surface area contributed by atoms with Gasteiger partial charge in [-0.1, -0.05) is 19.9 Å². The summed E-state index contributed by atoms with van der Waals surface area (Å²) >= 11 is 0. The Kier molecular flexibility index (Phi) is 9.14. The van der Waals surface area contributed by atoms with E-state index >= 15 is 0 Å². The van der Waals surface area contributed by atoms with Gasteiger partial charge < -0.3 is 11.1 Å². The highest BCUT2D eigenvalue weighted by molar-refractivity contribution is 5.85. The Balaban J connectivity index is 0.00000180. The first-order valence-corrected chi connectivity index (χ1v) is 6.83. The quantitative estimate of drug-likeness (QED) is 0.895. The summed E-state index contributed by atoms with van der Waals surface area (Å²) in [5, 5.41) is 3.40. The second-order valence-electron chi connectivity index (χ2n) is 5.41. The molecule has 0 radical (unpaired) electrons. The first-order valence-electron chi connectivity index (χ1n) is 6.83. The van der Waals surface area contributed by atoms with Gasteiger partial charge in [-0.05, 0) is 18.4 Å². The summed E-state index contributed by atoms with van der Waals surface area (Å²) in [5.74, 6) is 1.34. The van der Waals surface area contributed by atoms with Crippen molar-refractivity contribution in [1.29, 1.82) is 0 Å². The average molecular weight is 321 g/mol. The van der Waals surface area contributed by atoms with E-state index in [2.05, 4.69) is 35.1 Å². The maximum absolute atomic E-state index is 6.05. The molecule has 0 amide bonds. The van der Waals surface area contributed by atoms with Crippen LogP contribution in [0.3, 0.4) is 0 Å². The van der Waals surface area contributed by atoms with Crippen LogP contribution < -0.4 is 11.1 Å². The molecule has 1 aliphatic rings. The van der Waals surface area contributed by atoms with Crippen LogP contribution in [0.5, 0.6) is 0 Å². The van der Waals surface area contributed by atoms with E-state index in [-0.39, 0.29) is 24.8 Å². The number of aromatic nitrogens is 1. The minimum atomic E-state index is 0. The third-order valence-electron chi connectivity index (χ3n) is 3.52. The lowest BCUT2D eigenvalue weighted by Gasteiger charge is -2.36. The Labute approximate surface area is 134 Å². The summed E-state index contributed by atoms with van der Waals surface area (Å²) in [6.07, 6.45) is 2.90. The molecule has 6 heteroatoms. The Morgan fingerprint density at radius 1 is 1.30 bits per heavy atom. The Hall–Kier alpha value is -0.550. The monoisotopic (exact) mass is 320 g/mol. The van der Waals surface area contributed by atoms with Gasteiger partial charge in [-0.3, -0.25) is 4.90 Å². The zero-order valence-electron chi connectivity index (χ0n) is 12.2. The lowest BCUT2D eigenvalue weighted by Crippen LogP contribution is -2.45. The molecular weight excluding hydrogens is 295 g/mol. The number of anilines is 1. The van der Waals surface area contributed by atoms with Crippen molar-refractivity contribution in [3.63, 3.8) is 0 Å². The van der Waals surface area contributed by atoms with Crippen molar-refractivity contribution in [2.45, 2.75) is 26.3 Å². The number of halogens is 2. The molecule has 1 aliphatic heterocycles. The maximum atomic E-state index is 6.05. The molecule has 20 heavy (non-hydrogen) atoms. The predicted molar refractivity (Wildman–Crippen MR) is 89.8 cm³/mol. The number of hydrogen-bond donors (Lipinski definition) is 2. The van der Waals surface area contributed by atoms with Gasteiger partial charge in [0.05, 0.1) is 0 Å². The van der Waals surface area contributed by atoms with Crippen LogP contribution in [-0.2, 0) is 0 Å². The first kappa shape index (κ1) is 19.4. The molecular formula is C14H26Cl2N4. The van der Waals surface area contributed by atoms with Crippen LogP contribution in [-0.4, -0.2) is 36.1 Å². The molecule has 3 N–H and O–H groups in total. The van der Waals surface area contributed by atoms with Crippen LogP contribution in [0.2, 0.25) is 0 Å². The molecule has 2 rings (SSSR count). The minimum Gasteiger partial charge on any atom is -0.383 e. The standard InChI is InChI=1S/C14H24N4.2ClH/c1-11(2)10-13(18-8-6-16-7-9-18)12-4-3-5-17-14(12)15;;/h3-5,11,13,16H,6-10H2,1-2H3,(H2,15,17);2*1H/t13-;;/m1../s1. The topological polar surface area (TPSA) is 54.2 Å². The van der Waals surface area contributed by atoms with E-state index in [1.807, 2.05) is 6.07 Å². The third-order valence-corrected chi connectivity index (χ3v) is 3.52. The molecule has 1 fully saturated rings. The van der Waals surface area contributed by atoms with E-state index in [9.17, 15) is 0 Å². The number of pyridine rings is 1. The normalized spacial score (nSPS) is 17.1. The van der Waals surface area contributed by atoms with E-state index in [0.717, 1.165) is 32.6 Å². The largest absolute Gasteiger partial charge is 0.383 e. The highest BCUT2D eigenvalue weighted by Crippen LogP contribution is 2.30. The summed E-state index contributed by atoms with van der Waals surface area (Å²) in [4.78, 5) is 6.77. The first-order chi connectivity index (χ1) is 8.68. The predicted octanol–water partition coefficient (Wildman–Crippen LogP) is 2.50. The lowest BCUT2D eigenvalue weighted by atomic mass is 9.95. The van der Waals surface area contributed by atoms with Crippen LogP contribution in [0, 0.1) is 5.92 Å². The summed E-state index contributed by atoms with van der Waals surface area (Å²) < 4.78 is 0. The molecule has 116 valence electrons. The van der Waals surface area contributed by atoms with Gasteiger partial charge in [0.1, 0.15) is 5.82 Å². The molecule has 2 heterocycles. The van der Waals surface area contributed by atoms with E-state index in [0.29, 0.717) is 17.8 Å². The van der Waals surface area contributed by atoms with Gasteiger partial charge in [-0.25, -0.2) is 4.98 Å². The van der Waals surface area contributed by atoms with Gasteiger partial charge >= 0.3 is 0 Å². The summed E-state index contributed by atoms with van der Waals surface area (Å²) in [6.45, 7) is 8.84. The average Bonchev–Trinajstić information content (AvgIpc) is 2.38. The van der Waals surface area contributed by atoms with E-state index in [4.69, 9.17) is 5.73 Å².